The number of piperazine rings is 1. The van der Waals surface area contributed by atoms with Gasteiger partial charge in [0, 0.05) is 26.2 Å². The first-order valence-corrected chi connectivity index (χ1v) is 4.72. The molecule has 6 heteroatoms. The van der Waals surface area contributed by atoms with E-state index in [1.807, 2.05) is 0 Å². The second-order valence-electron chi connectivity index (χ2n) is 3.02. The maximum Gasteiger partial charge on any atom is 0.503 e. The standard InChI is InChI=1S/C7H17N3.CH2O3/c8-2-1-5-10-6-3-9-4-7-10;2-1(3)4/h9H,1-8H2;(H2,2,3,4). The zero-order valence-electron chi connectivity index (χ0n) is 8.28. The van der Waals surface area contributed by atoms with Crippen LogP contribution in [0.3, 0.4) is 0 Å². The van der Waals surface area contributed by atoms with Crippen LogP contribution in [0.2, 0.25) is 0 Å². The van der Waals surface area contributed by atoms with Crippen LogP contribution in [0.5, 0.6) is 0 Å². The van der Waals surface area contributed by atoms with Crippen LogP contribution in [0, 0.1) is 0 Å². The molecule has 84 valence electrons. The monoisotopic (exact) mass is 205 g/mol. The van der Waals surface area contributed by atoms with Crippen molar-refractivity contribution in [3.8, 4) is 0 Å². The Hall–Kier alpha value is -0.850. The first-order chi connectivity index (χ1) is 6.66. The summed E-state index contributed by atoms with van der Waals surface area (Å²) in [6.45, 7) is 6.68. The predicted octanol–water partition coefficient (Wildman–Crippen LogP) is -0.537. The van der Waals surface area contributed by atoms with Gasteiger partial charge >= 0.3 is 6.16 Å². The molecule has 0 spiro atoms. The lowest BCUT2D eigenvalue weighted by atomic mass is 10.3. The molecule has 5 N–H and O–H groups in total. The Balaban J connectivity index is 0.000000364. The quantitative estimate of drug-likeness (QED) is 0.494. The molecule has 0 aliphatic carbocycles. The third-order valence-corrected chi connectivity index (χ3v) is 1.89. The molecular weight excluding hydrogens is 186 g/mol. The Morgan fingerprint density at radius 1 is 1.36 bits per heavy atom. The van der Waals surface area contributed by atoms with Gasteiger partial charge in [-0.15, -0.1) is 0 Å². The Morgan fingerprint density at radius 2 is 1.86 bits per heavy atom. The number of hydrogen-bond acceptors (Lipinski definition) is 4. The molecule has 0 atom stereocenters. The number of nitrogens with two attached hydrogens (primary N) is 1. The first-order valence-electron chi connectivity index (χ1n) is 4.72. The van der Waals surface area contributed by atoms with E-state index < -0.39 is 6.16 Å². The average Bonchev–Trinajstić information content (AvgIpc) is 2.15. The molecule has 1 aliphatic rings. The van der Waals surface area contributed by atoms with Crippen LogP contribution < -0.4 is 11.1 Å². The predicted molar refractivity (Wildman–Crippen MR) is 53.6 cm³/mol. The fraction of sp³-hybridized carbons (Fsp3) is 0.875. The van der Waals surface area contributed by atoms with Gasteiger partial charge in [0.1, 0.15) is 0 Å². The summed E-state index contributed by atoms with van der Waals surface area (Å²) in [6.07, 6.45) is -0.694. The largest absolute Gasteiger partial charge is 0.503 e. The molecule has 6 nitrogen and oxygen atoms in total. The zero-order valence-corrected chi connectivity index (χ0v) is 8.28. The van der Waals surface area contributed by atoms with Crippen LogP contribution >= 0.6 is 0 Å². The molecule has 0 aromatic rings. The Bertz CT molecular complexity index is 145. The Kier molecular flexibility index (Phi) is 8.20. The number of rotatable bonds is 3. The van der Waals surface area contributed by atoms with E-state index in [-0.39, 0.29) is 0 Å². The summed E-state index contributed by atoms with van der Waals surface area (Å²) in [4.78, 5) is 11.0. The van der Waals surface area contributed by atoms with E-state index in [0.717, 1.165) is 26.1 Å². The van der Waals surface area contributed by atoms with E-state index in [1.54, 1.807) is 0 Å². The molecule has 1 rings (SSSR count). The highest BCUT2D eigenvalue weighted by atomic mass is 16.6. The van der Waals surface area contributed by atoms with Gasteiger partial charge in [0.25, 0.3) is 0 Å². The molecule has 0 amide bonds. The van der Waals surface area contributed by atoms with Crippen LogP contribution in [-0.4, -0.2) is 60.5 Å². The van der Waals surface area contributed by atoms with Crippen molar-refractivity contribution in [3.63, 3.8) is 0 Å². The van der Waals surface area contributed by atoms with Crippen LogP contribution in [0.4, 0.5) is 4.79 Å². The number of nitrogens with one attached hydrogen (secondary N) is 1. The molecule has 0 saturated carbocycles. The fourth-order valence-corrected chi connectivity index (χ4v) is 1.25. The van der Waals surface area contributed by atoms with Crippen LogP contribution in [0.1, 0.15) is 6.42 Å². The van der Waals surface area contributed by atoms with Crippen molar-refractivity contribution < 1.29 is 15.0 Å². The third kappa shape index (κ3) is 9.24. The fourth-order valence-electron chi connectivity index (χ4n) is 1.25. The molecule has 0 bridgehead atoms. The summed E-state index contributed by atoms with van der Waals surface area (Å²) in [5.41, 5.74) is 5.40. The van der Waals surface area contributed by atoms with Crippen molar-refractivity contribution in [1.82, 2.24) is 10.2 Å². The Labute approximate surface area is 83.7 Å². The highest BCUT2D eigenvalue weighted by molar-refractivity contribution is 5.53. The third-order valence-electron chi connectivity index (χ3n) is 1.89. The van der Waals surface area contributed by atoms with E-state index in [2.05, 4.69) is 10.2 Å². The summed E-state index contributed by atoms with van der Waals surface area (Å²) in [5.74, 6) is 0. The van der Waals surface area contributed by atoms with E-state index in [0.29, 0.717) is 0 Å². The SMILES string of the molecule is NCCCN1CCNCC1.O=C(O)O. The van der Waals surface area contributed by atoms with Crippen molar-refractivity contribution in [2.24, 2.45) is 5.73 Å². The second kappa shape index (κ2) is 8.74. The molecule has 1 saturated heterocycles. The normalized spacial score (nSPS) is 16.9. The molecule has 0 aromatic carbocycles. The van der Waals surface area contributed by atoms with Gasteiger partial charge in [0.15, 0.2) is 0 Å². The van der Waals surface area contributed by atoms with Gasteiger partial charge in [-0.05, 0) is 19.5 Å². The maximum absolute atomic E-state index is 8.56. The van der Waals surface area contributed by atoms with Gasteiger partial charge in [-0.3, -0.25) is 0 Å². The van der Waals surface area contributed by atoms with Gasteiger partial charge in [0.2, 0.25) is 0 Å². The van der Waals surface area contributed by atoms with E-state index in [4.69, 9.17) is 20.7 Å². The van der Waals surface area contributed by atoms with E-state index in [9.17, 15) is 0 Å². The van der Waals surface area contributed by atoms with Crippen molar-refractivity contribution in [3.05, 3.63) is 0 Å². The lowest BCUT2D eigenvalue weighted by Crippen LogP contribution is -2.44. The van der Waals surface area contributed by atoms with Gasteiger partial charge in [-0.2, -0.15) is 0 Å². The molecule has 1 heterocycles. The van der Waals surface area contributed by atoms with Crippen molar-refractivity contribution >= 4 is 6.16 Å². The lowest BCUT2D eigenvalue weighted by molar-refractivity contribution is 0.137. The van der Waals surface area contributed by atoms with Crippen LogP contribution in [-0.2, 0) is 0 Å². The zero-order chi connectivity index (χ0) is 10.8. The molecule has 0 aromatic heterocycles. The molecule has 1 aliphatic heterocycles. The number of hydrogen-bond donors (Lipinski definition) is 4. The molecule has 0 unspecified atom stereocenters. The number of carboxylic acid groups (broad SMARTS) is 2. The molecule has 1 fully saturated rings. The van der Waals surface area contributed by atoms with Gasteiger partial charge in [-0.25, -0.2) is 4.79 Å². The molecular formula is C8H19N3O3. The van der Waals surface area contributed by atoms with E-state index >= 15 is 0 Å². The Morgan fingerprint density at radius 3 is 2.29 bits per heavy atom. The minimum atomic E-state index is -1.83. The van der Waals surface area contributed by atoms with Crippen molar-refractivity contribution in [1.29, 1.82) is 0 Å². The molecule has 14 heavy (non-hydrogen) atoms. The highest BCUT2D eigenvalue weighted by Gasteiger charge is 2.06. The van der Waals surface area contributed by atoms with Gasteiger partial charge < -0.3 is 26.2 Å². The summed E-state index contributed by atoms with van der Waals surface area (Å²) in [6, 6.07) is 0. The summed E-state index contributed by atoms with van der Waals surface area (Å²) >= 11 is 0. The average molecular weight is 205 g/mol. The number of nitrogens with zero attached hydrogens (tertiary/aromatic N) is 1. The van der Waals surface area contributed by atoms with Crippen LogP contribution in [0.25, 0.3) is 0 Å². The lowest BCUT2D eigenvalue weighted by Gasteiger charge is -2.26. The minimum Gasteiger partial charge on any atom is -0.450 e. The second-order valence-corrected chi connectivity index (χ2v) is 3.02. The summed E-state index contributed by atoms with van der Waals surface area (Å²) < 4.78 is 0. The minimum absolute atomic E-state index is 0.823. The maximum atomic E-state index is 8.56. The highest BCUT2D eigenvalue weighted by Crippen LogP contribution is 1.92. The van der Waals surface area contributed by atoms with Crippen molar-refractivity contribution in [2.75, 3.05) is 39.3 Å². The van der Waals surface area contributed by atoms with Crippen molar-refractivity contribution in [2.45, 2.75) is 6.42 Å². The molecule has 0 radical (unpaired) electrons. The number of carbonyl (C=O) groups is 1. The van der Waals surface area contributed by atoms with E-state index in [1.165, 1.54) is 19.6 Å². The summed E-state index contributed by atoms with van der Waals surface area (Å²) in [5, 5.41) is 17.3. The van der Waals surface area contributed by atoms with Crippen LogP contribution in [0.15, 0.2) is 0 Å². The first kappa shape index (κ1) is 13.2. The smallest absolute Gasteiger partial charge is 0.450 e. The topological polar surface area (TPSA) is 98.8 Å². The van der Waals surface area contributed by atoms with Gasteiger partial charge in [0.05, 0.1) is 0 Å². The summed E-state index contributed by atoms with van der Waals surface area (Å²) in [7, 11) is 0. The van der Waals surface area contributed by atoms with Gasteiger partial charge in [-0.1, -0.05) is 0 Å².